The lowest BCUT2D eigenvalue weighted by molar-refractivity contribution is -0.126. The highest BCUT2D eigenvalue weighted by Crippen LogP contribution is 2.61. The van der Waals surface area contributed by atoms with E-state index in [1.54, 1.807) is 6.20 Å². The van der Waals surface area contributed by atoms with Crippen molar-refractivity contribution in [1.82, 2.24) is 15.1 Å². The molecule has 4 aliphatic rings. The molecule has 1 unspecified atom stereocenters. The Morgan fingerprint density at radius 2 is 1.92 bits per heavy atom. The van der Waals surface area contributed by atoms with Crippen molar-refractivity contribution in [3.63, 3.8) is 0 Å². The van der Waals surface area contributed by atoms with Gasteiger partial charge in [-0.25, -0.2) is 0 Å². The minimum absolute atomic E-state index is 0.161. The predicted octanol–water partition coefficient (Wildman–Crippen LogP) is 4.35. The quantitative estimate of drug-likeness (QED) is 0.816. The Kier molecular flexibility index (Phi) is 4.59. The number of carbonyl (C=O) groups excluding carboxylic acids is 1. The Morgan fingerprint density at radius 1 is 1.32 bits per heavy atom. The SMILES string of the molecule is CCC(NC(=O)CCn1ncc(Cl)c1C)C12CC3CC(CC(C3)C1)C2. The lowest BCUT2D eigenvalue weighted by Gasteiger charge is -2.59. The molecule has 5 rings (SSSR count). The van der Waals surface area contributed by atoms with Crippen LogP contribution in [-0.2, 0) is 11.3 Å². The first-order valence-electron chi connectivity index (χ1n) is 9.96. The van der Waals surface area contributed by atoms with Crippen LogP contribution in [0.5, 0.6) is 0 Å². The third-order valence-electron chi connectivity index (χ3n) is 7.16. The zero-order valence-electron chi connectivity index (χ0n) is 15.4. The standard InChI is InChI=1S/C20H30ClN3O/c1-3-18(20-9-14-6-15(10-20)8-16(7-14)11-20)23-19(25)4-5-24-13(2)17(21)12-22-24/h12,14-16,18H,3-11H2,1-2H3,(H,23,25). The van der Waals surface area contributed by atoms with Crippen molar-refractivity contribution in [1.29, 1.82) is 0 Å². The maximum absolute atomic E-state index is 12.6. The number of rotatable bonds is 6. The molecule has 4 bridgehead atoms. The van der Waals surface area contributed by atoms with Gasteiger partial charge >= 0.3 is 0 Å². The van der Waals surface area contributed by atoms with Gasteiger partial charge in [0, 0.05) is 12.5 Å². The number of nitrogens with one attached hydrogen (secondary N) is 1. The van der Waals surface area contributed by atoms with E-state index in [0.29, 0.717) is 29.4 Å². The van der Waals surface area contributed by atoms with E-state index in [4.69, 9.17) is 11.6 Å². The van der Waals surface area contributed by atoms with Crippen LogP contribution in [0.25, 0.3) is 0 Å². The van der Waals surface area contributed by atoms with Gasteiger partial charge in [0.1, 0.15) is 0 Å². The molecule has 25 heavy (non-hydrogen) atoms. The summed E-state index contributed by atoms with van der Waals surface area (Å²) >= 11 is 6.04. The highest BCUT2D eigenvalue weighted by atomic mass is 35.5. The fourth-order valence-corrected chi connectivity index (χ4v) is 6.56. The second kappa shape index (κ2) is 6.61. The molecule has 1 N–H and O–H groups in total. The van der Waals surface area contributed by atoms with E-state index in [1.165, 1.54) is 38.5 Å². The van der Waals surface area contributed by atoms with Crippen LogP contribution in [0.2, 0.25) is 5.02 Å². The largest absolute Gasteiger partial charge is 0.353 e. The minimum Gasteiger partial charge on any atom is -0.353 e. The van der Waals surface area contributed by atoms with Gasteiger partial charge in [-0.3, -0.25) is 9.48 Å². The molecule has 4 fully saturated rings. The minimum atomic E-state index is 0.161. The fourth-order valence-electron chi connectivity index (χ4n) is 6.42. The molecule has 138 valence electrons. The van der Waals surface area contributed by atoms with Gasteiger partial charge in [0.25, 0.3) is 0 Å². The molecule has 0 aliphatic heterocycles. The van der Waals surface area contributed by atoms with Crippen LogP contribution in [0.1, 0.15) is 64.0 Å². The molecule has 4 saturated carbocycles. The molecule has 0 aromatic carbocycles. The molecule has 0 spiro atoms. The Labute approximate surface area is 155 Å². The van der Waals surface area contributed by atoms with Gasteiger partial charge in [0.15, 0.2) is 0 Å². The van der Waals surface area contributed by atoms with Crippen LogP contribution in [0.4, 0.5) is 0 Å². The Morgan fingerprint density at radius 3 is 2.40 bits per heavy atom. The van der Waals surface area contributed by atoms with Gasteiger partial charge in [-0.05, 0) is 75.0 Å². The molecule has 0 saturated heterocycles. The summed E-state index contributed by atoms with van der Waals surface area (Å²) in [5.41, 5.74) is 1.31. The number of carbonyl (C=O) groups is 1. The first kappa shape index (κ1) is 17.4. The van der Waals surface area contributed by atoms with Crippen molar-refractivity contribution in [3.05, 3.63) is 16.9 Å². The van der Waals surface area contributed by atoms with Crippen molar-refractivity contribution in [3.8, 4) is 0 Å². The predicted molar refractivity (Wildman–Crippen MR) is 99.4 cm³/mol. The van der Waals surface area contributed by atoms with E-state index in [2.05, 4.69) is 17.3 Å². The molecule has 1 atom stereocenters. The number of amides is 1. The van der Waals surface area contributed by atoms with Crippen LogP contribution < -0.4 is 5.32 Å². The van der Waals surface area contributed by atoms with Crippen molar-refractivity contribution in [2.45, 2.75) is 77.8 Å². The topological polar surface area (TPSA) is 46.9 Å². The Hall–Kier alpha value is -1.03. The molecule has 1 aromatic heterocycles. The Balaban J connectivity index is 1.38. The van der Waals surface area contributed by atoms with Gasteiger partial charge in [-0.2, -0.15) is 5.10 Å². The zero-order valence-corrected chi connectivity index (χ0v) is 16.2. The van der Waals surface area contributed by atoms with Gasteiger partial charge in [0.2, 0.25) is 5.91 Å². The van der Waals surface area contributed by atoms with Gasteiger partial charge in [-0.15, -0.1) is 0 Å². The van der Waals surface area contributed by atoms with Gasteiger partial charge in [0.05, 0.1) is 23.5 Å². The summed E-state index contributed by atoms with van der Waals surface area (Å²) in [6, 6.07) is 0.343. The molecule has 4 aliphatic carbocycles. The third kappa shape index (κ3) is 3.22. The average Bonchev–Trinajstić information content (AvgIpc) is 2.88. The summed E-state index contributed by atoms with van der Waals surface area (Å²) in [7, 11) is 0. The smallest absolute Gasteiger partial charge is 0.222 e. The second-order valence-electron chi connectivity index (χ2n) is 8.86. The Bertz CT molecular complexity index is 618. The third-order valence-corrected chi connectivity index (χ3v) is 7.53. The van der Waals surface area contributed by atoms with Crippen LogP contribution in [-0.4, -0.2) is 21.7 Å². The molecule has 0 radical (unpaired) electrons. The molecule has 1 heterocycles. The van der Waals surface area contributed by atoms with Crippen LogP contribution >= 0.6 is 11.6 Å². The number of nitrogens with zero attached hydrogens (tertiary/aromatic N) is 2. The van der Waals surface area contributed by atoms with E-state index in [-0.39, 0.29) is 5.91 Å². The highest BCUT2D eigenvalue weighted by Gasteiger charge is 2.53. The van der Waals surface area contributed by atoms with E-state index in [9.17, 15) is 4.79 Å². The lowest BCUT2D eigenvalue weighted by Crippen LogP contribution is -2.56. The molecular weight excluding hydrogens is 334 g/mol. The molecule has 1 aromatic rings. The van der Waals surface area contributed by atoms with Crippen LogP contribution in [0.15, 0.2) is 6.20 Å². The lowest BCUT2D eigenvalue weighted by atomic mass is 9.47. The number of aromatic nitrogens is 2. The van der Waals surface area contributed by atoms with Crippen LogP contribution in [0.3, 0.4) is 0 Å². The summed E-state index contributed by atoms with van der Waals surface area (Å²) in [6.07, 6.45) is 11.5. The van der Waals surface area contributed by atoms with E-state index >= 15 is 0 Å². The highest BCUT2D eigenvalue weighted by molar-refractivity contribution is 6.31. The number of aryl methyl sites for hydroxylation is 1. The van der Waals surface area contributed by atoms with E-state index in [0.717, 1.165) is 29.9 Å². The van der Waals surface area contributed by atoms with Crippen molar-refractivity contribution >= 4 is 17.5 Å². The molecule has 4 nitrogen and oxygen atoms in total. The first-order valence-corrected chi connectivity index (χ1v) is 10.3. The monoisotopic (exact) mass is 363 g/mol. The number of hydrogen-bond acceptors (Lipinski definition) is 2. The summed E-state index contributed by atoms with van der Waals surface area (Å²) in [5.74, 6) is 2.93. The second-order valence-corrected chi connectivity index (χ2v) is 9.27. The summed E-state index contributed by atoms with van der Waals surface area (Å²) in [4.78, 5) is 12.6. The summed E-state index contributed by atoms with van der Waals surface area (Å²) in [6.45, 7) is 4.78. The maximum Gasteiger partial charge on any atom is 0.222 e. The molecule has 1 amide bonds. The molecular formula is C20H30ClN3O. The summed E-state index contributed by atoms with van der Waals surface area (Å²) < 4.78 is 1.83. The normalized spacial score (nSPS) is 34.3. The van der Waals surface area contributed by atoms with Crippen molar-refractivity contribution in [2.75, 3.05) is 0 Å². The van der Waals surface area contributed by atoms with Crippen LogP contribution in [0, 0.1) is 30.1 Å². The average molecular weight is 364 g/mol. The number of hydrogen-bond donors (Lipinski definition) is 1. The van der Waals surface area contributed by atoms with E-state index < -0.39 is 0 Å². The van der Waals surface area contributed by atoms with Crippen molar-refractivity contribution < 1.29 is 4.79 Å². The van der Waals surface area contributed by atoms with Gasteiger partial charge in [-0.1, -0.05) is 18.5 Å². The van der Waals surface area contributed by atoms with Crippen molar-refractivity contribution in [2.24, 2.45) is 23.2 Å². The maximum atomic E-state index is 12.6. The number of halogens is 1. The van der Waals surface area contributed by atoms with E-state index in [1.807, 2.05) is 11.6 Å². The summed E-state index contributed by atoms with van der Waals surface area (Å²) in [5, 5.41) is 8.32. The fraction of sp³-hybridized carbons (Fsp3) is 0.800. The first-order chi connectivity index (χ1) is 12.0. The zero-order chi connectivity index (χ0) is 17.6. The van der Waals surface area contributed by atoms with Gasteiger partial charge < -0.3 is 5.32 Å². The molecule has 5 heteroatoms.